The second kappa shape index (κ2) is 11.5. The lowest BCUT2D eigenvalue weighted by atomic mass is 9.97. The molecule has 2 N–H and O–H groups in total. The Morgan fingerprint density at radius 3 is 2.08 bits per heavy atom. The summed E-state index contributed by atoms with van der Waals surface area (Å²) in [4.78, 5) is 12.7. The molecule has 0 heterocycles. The van der Waals surface area contributed by atoms with Gasteiger partial charge in [0, 0.05) is 7.05 Å². The summed E-state index contributed by atoms with van der Waals surface area (Å²) in [5.41, 5.74) is 6.80. The molecule has 4 rings (SSSR count). The molecule has 0 aliphatic carbocycles. The number of rotatable bonds is 9. The molecule has 1 amide bonds. The molecule has 8 heteroatoms. The minimum absolute atomic E-state index is 0.0542. The molecule has 196 valence electrons. The Bertz CT molecular complexity index is 1520. The van der Waals surface area contributed by atoms with Crippen LogP contribution in [-0.2, 0) is 22.9 Å². The number of methoxy groups -OCH3 is 1. The Hall–Kier alpha value is -4.14. The number of sulfonamides is 1. The van der Waals surface area contributed by atoms with Gasteiger partial charge in [-0.05, 0) is 77.9 Å². The number of hydrogen-bond donors (Lipinski definition) is 2. The predicted molar refractivity (Wildman–Crippen MR) is 148 cm³/mol. The van der Waals surface area contributed by atoms with Gasteiger partial charge in [-0.3, -0.25) is 14.3 Å². The molecule has 4 aromatic rings. The van der Waals surface area contributed by atoms with E-state index in [0.717, 1.165) is 33.0 Å². The van der Waals surface area contributed by atoms with E-state index in [1.165, 1.54) is 26.3 Å². The molecule has 0 saturated heterocycles. The number of anilines is 1. The first-order valence-corrected chi connectivity index (χ1v) is 13.5. The van der Waals surface area contributed by atoms with Crippen LogP contribution < -0.4 is 14.5 Å². The Balaban J connectivity index is 1.59. The van der Waals surface area contributed by atoms with Gasteiger partial charge in [0.25, 0.3) is 15.9 Å². The zero-order valence-electron chi connectivity index (χ0n) is 21.5. The number of aryl methyl sites for hydroxylation is 3. The summed E-state index contributed by atoms with van der Waals surface area (Å²) in [5, 5.41) is 9.40. The fourth-order valence-electron chi connectivity index (χ4n) is 4.46. The van der Waals surface area contributed by atoms with E-state index < -0.39 is 15.9 Å². The van der Waals surface area contributed by atoms with Crippen LogP contribution >= 0.6 is 0 Å². The molecular formula is C30H30N2O5S. The van der Waals surface area contributed by atoms with Crippen molar-refractivity contribution < 1.29 is 23.2 Å². The fourth-order valence-corrected chi connectivity index (χ4v) is 5.74. The molecule has 0 radical (unpaired) electrons. The fraction of sp³-hybridized carbons (Fsp3) is 0.167. The van der Waals surface area contributed by atoms with Crippen molar-refractivity contribution in [1.82, 2.24) is 5.48 Å². The van der Waals surface area contributed by atoms with Crippen molar-refractivity contribution in [3.63, 3.8) is 0 Å². The van der Waals surface area contributed by atoms with Gasteiger partial charge in [-0.1, -0.05) is 60.7 Å². The number of nitrogens with one attached hydrogen (secondary N) is 1. The van der Waals surface area contributed by atoms with Crippen molar-refractivity contribution in [2.24, 2.45) is 0 Å². The van der Waals surface area contributed by atoms with Gasteiger partial charge in [0.2, 0.25) is 0 Å². The van der Waals surface area contributed by atoms with Crippen LogP contribution in [-0.4, -0.2) is 33.7 Å². The minimum Gasteiger partial charge on any atom is -0.497 e. The van der Waals surface area contributed by atoms with Crippen LogP contribution in [0.15, 0.2) is 95.9 Å². The highest BCUT2D eigenvalue weighted by Gasteiger charge is 2.27. The van der Waals surface area contributed by atoms with Crippen LogP contribution in [0.1, 0.15) is 27.0 Å². The first kappa shape index (κ1) is 26.9. The summed E-state index contributed by atoms with van der Waals surface area (Å²) in [7, 11) is -1.09. The third-order valence-electron chi connectivity index (χ3n) is 6.50. The summed E-state index contributed by atoms with van der Waals surface area (Å²) >= 11 is 0. The quantitative estimate of drug-likeness (QED) is 0.223. The van der Waals surface area contributed by atoms with Crippen molar-refractivity contribution in [3.05, 3.63) is 113 Å². The van der Waals surface area contributed by atoms with Gasteiger partial charge in [0.15, 0.2) is 0 Å². The lowest BCUT2D eigenvalue weighted by Gasteiger charge is -2.24. The number of hydroxylamine groups is 1. The Morgan fingerprint density at radius 1 is 0.868 bits per heavy atom. The molecule has 7 nitrogen and oxygen atoms in total. The van der Waals surface area contributed by atoms with E-state index in [1.807, 2.05) is 24.3 Å². The smallest absolute Gasteiger partial charge is 0.276 e. The molecule has 0 aromatic heterocycles. The molecule has 0 bridgehead atoms. The second-order valence-corrected chi connectivity index (χ2v) is 10.9. The summed E-state index contributed by atoms with van der Waals surface area (Å²) < 4.78 is 32.9. The number of hydrogen-bond acceptors (Lipinski definition) is 5. The van der Waals surface area contributed by atoms with Crippen molar-refractivity contribution in [1.29, 1.82) is 0 Å². The zero-order valence-corrected chi connectivity index (χ0v) is 22.3. The Kier molecular flexibility index (Phi) is 8.14. The van der Waals surface area contributed by atoms with Gasteiger partial charge in [0.1, 0.15) is 5.75 Å². The molecular weight excluding hydrogens is 500 g/mol. The maximum atomic E-state index is 13.4. The molecule has 0 fully saturated rings. The predicted octanol–water partition coefficient (Wildman–Crippen LogP) is 5.40. The first-order valence-electron chi connectivity index (χ1n) is 12.1. The number of ether oxygens (including phenoxy) is 1. The number of amides is 1. The van der Waals surface area contributed by atoms with E-state index in [2.05, 4.69) is 36.4 Å². The minimum atomic E-state index is -3.98. The zero-order chi connectivity index (χ0) is 27.3. The molecule has 0 atom stereocenters. The van der Waals surface area contributed by atoms with Gasteiger partial charge in [-0.2, -0.15) is 0 Å². The van der Waals surface area contributed by atoms with E-state index in [1.54, 1.807) is 30.6 Å². The highest BCUT2D eigenvalue weighted by molar-refractivity contribution is 7.92. The van der Waals surface area contributed by atoms with E-state index in [4.69, 9.17) is 4.74 Å². The largest absolute Gasteiger partial charge is 0.497 e. The van der Waals surface area contributed by atoms with Gasteiger partial charge in [-0.15, -0.1) is 0 Å². The number of nitrogens with zero attached hydrogens (tertiary/aromatic N) is 1. The number of carbonyl (C=O) groups excluding carboxylic acids is 1. The van der Waals surface area contributed by atoms with E-state index in [9.17, 15) is 18.4 Å². The van der Waals surface area contributed by atoms with E-state index in [-0.39, 0.29) is 16.1 Å². The van der Waals surface area contributed by atoms with Crippen molar-refractivity contribution >= 4 is 21.6 Å². The van der Waals surface area contributed by atoms with E-state index in [0.29, 0.717) is 17.7 Å². The third-order valence-corrected chi connectivity index (χ3v) is 8.27. The summed E-state index contributed by atoms with van der Waals surface area (Å²) in [6, 6.07) is 28.0. The SMILES string of the molecule is COc1ccc(S(=O)(=O)N(C)c2c(C)cc(CCc3ccc(-c4ccccc4)cc3)cc2C(=O)NO)cc1. The standard InChI is InChI=1S/C30H30N2O5S/c1-21-19-23(10-9-22-11-13-25(14-12-22)24-7-5-4-6-8-24)20-28(30(33)31-34)29(21)32(2)38(35,36)27-17-15-26(37-3)16-18-27/h4-8,11-20,34H,9-10H2,1-3H3,(H,31,33). The van der Waals surface area contributed by atoms with Gasteiger partial charge >= 0.3 is 0 Å². The molecule has 0 aliphatic heterocycles. The summed E-state index contributed by atoms with van der Waals surface area (Å²) in [5.74, 6) is -0.254. The van der Waals surface area contributed by atoms with Gasteiger partial charge in [-0.25, -0.2) is 13.9 Å². The maximum Gasteiger partial charge on any atom is 0.276 e. The second-order valence-electron chi connectivity index (χ2n) is 8.96. The van der Waals surface area contributed by atoms with E-state index >= 15 is 0 Å². The third kappa shape index (κ3) is 5.72. The Labute approximate surface area is 223 Å². The summed E-state index contributed by atoms with van der Waals surface area (Å²) in [6.07, 6.45) is 1.36. The molecule has 0 aliphatic rings. The Morgan fingerprint density at radius 2 is 1.47 bits per heavy atom. The molecule has 4 aromatic carbocycles. The lowest BCUT2D eigenvalue weighted by Crippen LogP contribution is -2.31. The number of benzene rings is 4. The lowest BCUT2D eigenvalue weighted by molar-refractivity contribution is 0.0707. The average molecular weight is 531 g/mol. The topological polar surface area (TPSA) is 95.9 Å². The monoisotopic (exact) mass is 530 g/mol. The van der Waals surface area contributed by atoms with Crippen molar-refractivity contribution in [2.75, 3.05) is 18.5 Å². The van der Waals surface area contributed by atoms with Gasteiger partial charge in [0.05, 0.1) is 23.3 Å². The van der Waals surface area contributed by atoms with Crippen LogP contribution in [0.2, 0.25) is 0 Å². The molecule has 0 spiro atoms. The summed E-state index contributed by atoms with van der Waals surface area (Å²) in [6.45, 7) is 1.75. The van der Waals surface area contributed by atoms with Crippen LogP contribution in [0, 0.1) is 6.92 Å². The van der Waals surface area contributed by atoms with Gasteiger partial charge < -0.3 is 4.74 Å². The van der Waals surface area contributed by atoms with Crippen LogP contribution in [0.25, 0.3) is 11.1 Å². The van der Waals surface area contributed by atoms with Crippen molar-refractivity contribution in [3.8, 4) is 16.9 Å². The van der Waals surface area contributed by atoms with Crippen LogP contribution in [0.3, 0.4) is 0 Å². The first-order chi connectivity index (χ1) is 18.2. The average Bonchev–Trinajstić information content (AvgIpc) is 2.95. The molecule has 0 unspecified atom stereocenters. The molecule has 38 heavy (non-hydrogen) atoms. The van der Waals surface area contributed by atoms with Crippen molar-refractivity contribution in [2.45, 2.75) is 24.7 Å². The normalized spacial score (nSPS) is 11.2. The highest BCUT2D eigenvalue weighted by Crippen LogP contribution is 2.32. The van der Waals surface area contributed by atoms with Crippen LogP contribution in [0.5, 0.6) is 5.75 Å². The van der Waals surface area contributed by atoms with Crippen LogP contribution in [0.4, 0.5) is 5.69 Å². The maximum absolute atomic E-state index is 13.4. The highest BCUT2D eigenvalue weighted by atomic mass is 32.2. The molecule has 0 saturated carbocycles. The number of carbonyl (C=O) groups is 1.